The highest BCUT2D eigenvalue weighted by atomic mass is 16.5. The van der Waals surface area contributed by atoms with Gasteiger partial charge in [0.2, 0.25) is 0 Å². The zero-order valence-electron chi connectivity index (χ0n) is 14.4. The van der Waals surface area contributed by atoms with Gasteiger partial charge in [0.1, 0.15) is 36.6 Å². The van der Waals surface area contributed by atoms with Crippen molar-refractivity contribution >= 4 is 11.0 Å². The van der Waals surface area contributed by atoms with Crippen molar-refractivity contribution in [2.45, 2.75) is 19.3 Å². The van der Waals surface area contributed by atoms with E-state index in [4.69, 9.17) is 14.2 Å². The summed E-state index contributed by atoms with van der Waals surface area (Å²) >= 11 is 0. The zero-order valence-corrected chi connectivity index (χ0v) is 14.4. The third-order valence-electron chi connectivity index (χ3n) is 3.90. The lowest BCUT2D eigenvalue weighted by Gasteiger charge is -2.15. The Hall–Kier alpha value is -2.57. The summed E-state index contributed by atoms with van der Waals surface area (Å²) in [5, 5.41) is 10.4. The van der Waals surface area contributed by atoms with E-state index in [0.29, 0.717) is 18.9 Å². The first-order valence-corrected chi connectivity index (χ1v) is 8.09. The number of aromatic nitrogens is 2. The topological polar surface area (TPSA) is 65.7 Å². The quantitative estimate of drug-likeness (QED) is 0.682. The lowest BCUT2D eigenvalue weighted by molar-refractivity contribution is 0.0901. The summed E-state index contributed by atoms with van der Waals surface area (Å²) < 4.78 is 18.0. The number of fused-ring (bicyclic) bond motifs is 1. The van der Waals surface area contributed by atoms with E-state index in [0.717, 1.165) is 22.6 Å². The van der Waals surface area contributed by atoms with Crippen LogP contribution in [0.2, 0.25) is 0 Å². The lowest BCUT2D eigenvalue weighted by Crippen LogP contribution is -2.24. The number of nitrogens with zero attached hydrogens (tertiary/aromatic N) is 2. The minimum absolute atomic E-state index is 0.186. The third kappa shape index (κ3) is 4.10. The number of imidazole rings is 1. The van der Waals surface area contributed by atoms with Crippen LogP contribution >= 0.6 is 0 Å². The predicted octanol–water partition coefficient (Wildman–Crippen LogP) is 2.63. The molecule has 0 saturated carbocycles. The molecular weight excluding hydrogens is 320 g/mol. The maximum atomic E-state index is 10.4. The van der Waals surface area contributed by atoms with Gasteiger partial charge in [-0.25, -0.2) is 4.98 Å². The first kappa shape index (κ1) is 17.3. The van der Waals surface area contributed by atoms with Crippen molar-refractivity contribution in [3.63, 3.8) is 0 Å². The van der Waals surface area contributed by atoms with Gasteiger partial charge < -0.3 is 23.9 Å². The summed E-state index contributed by atoms with van der Waals surface area (Å²) in [4.78, 5) is 4.56. The summed E-state index contributed by atoms with van der Waals surface area (Å²) in [6.45, 7) is 0.960. The van der Waals surface area contributed by atoms with Gasteiger partial charge >= 0.3 is 0 Å². The first-order chi connectivity index (χ1) is 12.2. The molecule has 3 rings (SSSR count). The fraction of sp³-hybridized carbons (Fsp3) is 0.316. The minimum Gasteiger partial charge on any atom is -0.497 e. The van der Waals surface area contributed by atoms with Gasteiger partial charge in [0.25, 0.3) is 0 Å². The Morgan fingerprint density at radius 2 is 1.76 bits per heavy atom. The average Bonchev–Trinajstić information content (AvgIpc) is 2.98. The molecule has 0 fully saturated rings. The molecule has 0 amide bonds. The van der Waals surface area contributed by atoms with Gasteiger partial charge in [-0.05, 0) is 36.4 Å². The molecule has 0 bridgehead atoms. The summed E-state index contributed by atoms with van der Waals surface area (Å²) in [5.41, 5.74) is 1.86. The number of rotatable bonds is 8. The van der Waals surface area contributed by atoms with Crippen LogP contribution in [-0.4, -0.2) is 41.6 Å². The lowest BCUT2D eigenvalue weighted by atomic mass is 10.3. The molecular formula is C19H22N2O4. The largest absolute Gasteiger partial charge is 0.497 e. The van der Waals surface area contributed by atoms with Crippen LogP contribution in [0.4, 0.5) is 0 Å². The smallest absolute Gasteiger partial charge is 0.136 e. The van der Waals surface area contributed by atoms with Crippen molar-refractivity contribution < 1.29 is 19.3 Å². The minimum atomic E-state index is -0.671. The highest BCUT2D eigenvalue weighted by Crippen LogP contribution is 2.19. The van der Waals surface area contributed by atoms with Crippen molar-refractivity contribution in [2.75, 3.05) is 20.8 Å². The van der Waals surface area contributed by atoms with E-state index in [1.165, 1.54) is 0 Å². The standard InChI is InChI=1S/C19H22N2O4/c1-23-13-19-20-17-5-3-4-6-18(17)21(19)11-14(22)12-25-16-9-7-15(24-2)8-10-16/h3-10,14,22H,11-13H2,1-2H3. The van der Waals surface area contributed by atoms with Crippen LogP contribution in [0.25, 0.3) is 11.0 Å². The molecule has 1 heterocycles. The van der Waals surface area contributed by atoms with E-state index >= 15 is 0 Å². The van der Waals surface area contributed by atoms with Crippen LogP contribution in [0.1, 0.15) is 5.82 Å². The van der Waals surface area contributed by atoms with Crippen LogP contribution in [0.3, 0.4) is 0 Å². The van der Waals surface area contributed by atoms with Gasteiger partial charge in [0.05, 0.1) is 24.7 Å². The van der Waals surface area contributed by atoms with E-state index < -0.39 is 6.10 Å². The molecule has 0 radical (unpaired) electrons. The summed E-state index contributed by atoms with van der Waals surface area (Å²) in [6.07, 6.45) is -0.671. The van der Waals surface area contributed by atoms with Crippen LogP contribution in [0.15, 0.2) is 48.5 Å². The van der Waals surface area contributed by atoms with Gasteiger partial charge in [0.15, 0.2) is 0 Å². The molecule has 2 aromatic carbocycles. The van der Waals surface area contributed by atoms with Crippen LogP contribution in [0.5, 0.6) is 11.5 Å². The second kappa shape index (κ2) is 8.00. The molecule has 1 atom stereocenters. The first-order valence-electron chi connectivity index (χ1n) is 8.09. The fourth-order valence-electron chi connectivity index (χ4n) is 2.70. The summed E-state index contributed by atoms with van der Waals surface area (Å²) in [6, 6.07) is 15.1. The molecule has 0 spiro atoms. The molecule has 0 aliphatic heterocycles. The van der Waals surface area contributed by atoms with Gasteiger partial charge in [-0.3, -0.25) is 0 Å². The maximum Gasteiger partial charge on any atom is 0.136 e. The molecule has 0 aliphatic carbocycles. The molecule has 0 aliphatic rings. The van der Waals surface area contributed by atoms with Crippen molar-refractivity contribution in [1.82, 2.24) is 9.55 Å². The van der Waals surface area contributed by atoms with Crippen molar-refractivity contribution in [1.29, 1.82) is 0 Å². The average molecular weight is 342 g/mol. The Kier molecular flexibility index (Phi) is 5.53. The Morgan fingerprint density at radius 1 is 1.04 bits per heavy atom. The Bertz CT molecular complexity index is 814. The normalized spacial score (nSPS) is 12.3. The number of aliphatic hydroxyl groups is 1. The van der Waals surface area contributed by atoms with E-state index in [9.17, 15) is 5.11 Å². The Morgan fingerprint density at radius 3 is 2.48 bits per heavy atom. The molecule has 6 nitrogen and oxygen atoms in total. The maximum absolute atomic E-state index is 10.4. The second-order valence-electron chi connectivity index (χ2n) is 5.70. The molecule has 6 heteroatoms. The van der Waals surface area contributed by atoms with Crippen LogP contribution in [0, 0.1) is 0 Å². The molecule has 0 saturated heterocycles. The Labute approximate surface area is 146 Å². The number of methoxy groups -OCH3 is 2. The van der Waals surface area contributed by atoms with E-state index in [-0.39, 0.29) is 6.61 Å². The van der Waals surface area contributed by atoms with Crippen LogP contribution < -0.4 is 9.47 Å². The molecule has 132 valence electrons. The molecule has 1 unspecified atom stereocenters. The molecule has 3 aromatic rings. The monoisotopic (exact) mass is 342 g/mol. The van der Waals surface area contributed by atoms with Gasteiger partial charge in [-0.15, -0.1) is 0 Å². The van der Waals surface area contributed by atoms with Crippen molar-refractivity contribution in [2.24, 2.45) is 0 Å². The predicted molar refractivity (Wildman–Crippen MR) is 94.9 cm³/mol. The zero-order chi connectivity index (χ0) is 17.6. The van der Waals surface area contributed by atoms with Crippen molar-refractivity contribution in [3.8, 4) is 11.5 Å². The highest BCUT2D eigenvalue weighted by Gasteiger charge is 2.14. The van der Waals surface area contributed by atoms with E-state index in [1.54, 1.807) is 14.2 Å². The third-order valence-corrected chi connectivity index (χ3v) is 3.90. The van der Waals surface area contributed by atoms with Crippen LogP contribution in [-0.2, 0) is 17.9 Å². The summed E-state index contributed by atoms with van der Waals surface area (Å²) in [7, 11) is 3.25. The Balaban J connectivity index is 1.68. The number of para-hydroxylation sites is 2. The molecule has 25 heavy (non-hydrogen) atoms. The SMILES string of the molecule is COCc1nc2ccccc2n1CC(O)COc1ccc(OC)cc1. The number of aliphatic hydroxyl groups excluding tert-OH is 1. The molecule has 1 N–H and O–H groups in total. The van der Waals surface area contributed by atoms with E-state index in [2.05, 4.69) is 4.98 Å². The number of ether oxygens (including phenoxy) is 3. The number of hydrogen-bond acceptors (Lipinski definition) is 5. The number of hydrogen-bond donors (Lipinski definition) is 1. The fourth-order valence-corrected chi connectivity index (χ4v) is 2.70. The van der Waals surface area contributed by atoms with Crippen molar-refractivity contribution in [3.05, 3.63) is 54.4 Å². The molecule has 1 aromatic heterocycles. The van der Waals surface area contributed by atoms with E-state index in [1.807, 2.05) is 53.1 Å². The van der Waals surface area contributed by atoms with Gasteiger partial charge in [0, 0.05) is 7.11 Å². The van der Waals surface area contributed by atoms with Gasteiger partial charge in [-0.1, -0.05) is 12.1 Å². The highest BCUT2D eigenvalue weighted by molar-refractivity contribution is 5.75. The van der Waals surface area contributed by atoms with Gasteiger partial charge in [-0.2, -0.15) is 0 Å². The number of benzene rings is 2. The second-order valence-corrected chi connectivity index (χ2v) is 5.70. The summed E-state index contributed by atoms with van der Waals surface area (Å²) in [5.74, 6) is 2.24.